The first-order chi connectivity index (χ1) is 18.0. The summed E-state index contributed by atoms with van der Waals surface area (Å²) in [5, 5.41) is 12.7. The molecule has 1 aromatic carbocycles. The van der Waals surface area contributed by atoms with E-state index in [9.17, 15) is 8.78 Å². The summed E-state index contributed by atoms with van der Waals surface area (Å²) in [6.45, 7) is 0.639. The van der Waals surface area contributed by atoms with E-state index in [0.29, 0.717) is 24.6 Å². The van der Waals surface area contributed by atoms with Gasteiger partial charge < -0.3 is 4.98 Å². The number of rotatable bonds is 5. The van der Waals surface area contributed by atoms with E-state index < -0.39 is 5.92 Å². The molecule has 6 heterocycles. The summed E-state index contributed by atoms with van der Waals surface area (Å²) in [7, 11) is 0. The monoisotopic (exact) mass is 513 g/mol. The summed E-state index contributed by atoms with van der Waals surface area (Å²) in [6, 6.07) is 10.1. The van der Waals surface area contributed by atoms with Crippen LogP contribution in [0.2, 0.25) is 0 Å². The number of nitrogens with one attached hydrogen (secondary N) is 2. The van der Waals surface area contributed by atoms with Crippen LogP contribution in [0, 0.1) is 0 Å². The molecule has 0 atom stereocenters. The molecular weight excluding hydrogens is 492 g/mol. The first kappa shape index (κ1) is 22.2. The number of imidazole rings is 1. The number of aromatic nitrogens is 6. The van der Waals surface area contributed by atoms with Crippen molar-refractivity contribution in [3.8, 4) is 33.8 Å². The van der Waals surface area contributed by atoms with Crippen LogP contribution in [-0.2, 0) is 6.54 Å². The Morgan fingerprint density at radius 2 is 1.89 bits per heavy atom. The average Bonchev–Trinajstić information content (AvgIpc) is 3.69. The topological polar surface area (TPSA) is 86.4 Å². The summed E-state index contributed by atoms with van der Waals surface area (Å²) in [5.74, 6) is -1.95. The fourth-order valence-electron chi connectivity index (χ4n) is 4.98. The Morgan fingerprint density at radius 1 is 0.973 bits per heavy atom. The van der Waals surface area contributed by atoms with Crippen molar-refractivity contribution in [2.45, 2.75) is 18.9 Å². The zero-order chi connectivity index (χ0) is 25.0. The van der Waals surface area contributed by atoms with Crippen LogP contribution in [0.25, 0.3) is 55.7 Å². The third-order valence-electron chi connectivity index (χ3n) is 6.80. The van der Waals surface area contributed by atoms with E-state index in [2.05, 4.69) is 42.7 Å². The van der Waals surface area contributed by atoms with Gasteiger partial charge in [-0.1, -0.05) is 6.07 Å². The van der Waals surface area contributed by atoms with Crippen molar-refractivity contribution in [2.75, 3.05) is 13.1 Å². The number of nitrogens with zero attached hydrogens (tertiary/aromatic N) is 5. The fraction of sp³-hybridized carbons (Fsp3) is 0.185. The maximum Gasteiger partial charge on any atom is 0.261 e. The number of fused-ring (bicyclic) bond motifs is 2. The number of alkyl halides is 2. The minimum Gasteiger partial charge on any atom is -0.335 e. The lowest BCUT2D eigenvalue weighted by Crippen LogP contribution is -2.24. The van der Waals surface area contributed by atoms with Crippen molar-refractivity contribution in [1.29, 1.82) is 0 Å². The second-order valence-corrected chi connectivity index (χ2v) is 10.2. The second-order valence-electron chi connectivity index (χ2n) is 9.41. The van der Waals surface area contributed by atoms with E-state index in [0.717, 1.165) is 49.8 Å². The minimum absolute atomic E-state index is 0.0906. The van der Waals surface area contributed by atoms with Crippen LogP contribution in [0.4, 0.5) is 8.78 Å². The smallest absolute Gasteiger partial charge is 0.261 e. The molecule has 0 spiro atoms. The molecule has 0 aliphatic carbocycles. The third-order valence-corrected chi connectivity index (χ3v) is 7.48. The van der Waals surface area contributed by atoms with Crippen molar-refractivity contribution in [3.63, 3.8) is 0 Å². The van der Waals surface area contributed by atoms with E-state index in [1.807, 2.05) is 29.8 Å². The van der Waals surface area contributed by atoms with E-state index in [4.69, 9.17) is 4.98 Å². The number of halogens is 2. The van der Waals surface area contributed by atoms with Crippen LogP contribution in [0.5, 0.6) is 0 Å². The Hall–Kier alpha value is -4.02. The standard InChI is InChI=1S/C27H21F2N7S/c28-27(29)4-5-36(15-27)13-16-7-19(10-30-9-16)17-1-2-22-20(8-17)25(35-34-22)26-32-23-12-31-11-21(24(23)33-26)18-3-6-37-14-18/h1-3,6-12,14H,4-5,13,15H2,(H,32,33)(H,34,35). The van der Waals surface area contributed by atoms with E-state index in [1.165, 1.54) is 0 Å². The van der Waals surface area contributed by atoms with Crippen LogP contribution in [-0.4, -0.2) is 54.0 Å². The summed E-state index contributed by atoms with van der Waals surface area (Å²) in [6.07, 6.45) is 7.05. The van der Waals surface area contributed by atoms with Gasteiger partial charge in [0.25, 0.3) is 5.92 Å². The molecule has 2 N–H and O–H groups in total. The van der Waals surface area contributed by atoms with Gasteiger partial charge in [-0.2, -0.15) is 16.4 Å². The fourth-order valence-corrected chi connectivity index (χ4v) is 5.64. The molecule has 10 heteroatoms. The molecular formula is C27H21F2N7S. The molecule has 5 aromatic heterocycles. The summed E-state index contributed by atoms with van der Waals surface area (Å²) >= 11 is 1.63. The largest absolute Gasteiger partial charge is 0.335 e. The molecule has 0 saturated carbocycles. The lowest BCUT2D eigenvalue weighted by molar-refractivity contribution is 0.0115. The predicted octanol–water partition coefficient (Wildman–Crippen LogP) is 6.13. The van der Waals surface area contributed by atoms with Crippen LogP contribution in [0.3, 0.4) is 0 Å². The maximum absolute atomic E-state index is 13.6. The molecule has 1 saturated heterocycles. The molecule has 0 unspecified atom stereocenters. The highest BCUT2D eigenvalue weighted by Crippen LogP contribution is 2.34. The number of aromatic amines is 2. The van der Waals surface area contributed by atoms with Crippen molar-refractivity contribution in [1.82, 2.24) is 35.0 Å². The number of pyridine rings is 2. The Morgan fingerprint density at radius 3 is 2.73 bits per heavy atom. The Bertz CT molecular complexity index is 1740. The number of benzene rings is 1. The van der Waals surface area contributed by atoms with Crippen molar-refractivity contribution < 1.29 is 8.78 Å². The minimum atomic E-state index is -2.61. The van der Waals surface area contributed by atoms with Gasteiger partial charge in [0, 0.05) is 54.6 Å². The highest BCUT2D eigenvalue weighted by Gasteiger charge is 2.37. The molecule has 0 amide bonds. The van der Waals surface area contributed by atoms with E-state index in [-0.39, 0.29) is 13.0 Å². The van der Waals surface area contributed by atoms with Crippen LogP contribution >= 0.6 is 11.3 Å². The number of hydrogen-bond acceptors (Lipinski definition) is 6. The molecule has 184 valence electrons. The molecule has 0 radical (unpaired) electrons. The first-order valence-corrected chi connectivity index (χ1v) is 12.9. The molecule has 1 aliphatic heterocycles. The van der Waals surface area contributed by atoms with Gasteiger partial charge in [0.1, 0.15) is 11.2 Å². The van der Waals surface area contributed by atoms with Gasteiger partial charge in [0.15, 0.2) is 5.82 Å². The Kier molecular flexibility index (Phi) is 5.12. The Labute approximate surface area is 214 Å². The van der Waals surface area contributed by atoms with Gasteiger partial charge in [-0.05, 0) is 51.7 Å². The third kappa shape index (κ3) is 4.08. The lowest BCUT2D eigenvalue weighted by atomic mass is 10.0. The predicted molar refractivity (Wildman–Crippen MR) is 140 cm³/mol. The van der Waals surface area contributed by atoms with Crippen molar-refractivity contribution >= 4 is 33.3 Å². The van der Waals surface area contributed by atoms with Gasteiger partial charge >= 0.3 is 0 Å². The second kappa shape index (κ2) is 8.53. The average molecular weight is 514 g/mol. The highest BCUT2D eigenvalue weighted by molar-refractivity contribution is 7.08. The van der Waals surface area contributed by atoms with Crippen LogP contribution < -0.4 is 0 Å². The van der Waals surface area contributed by atoms with Crippen molar-refractivity contribution in [2.24, 2.45) is 0 Å². The Balaban J connectivity index is 1.24. The van der Waals surface area contributed by atoms with E-state index >= 15 is 0 Å². The molecule has 0 bridgehead atoms. The molecule has 7 nitrogen and oxygen atoms in total. The van der Waals surface area contributed by atoms with Crippen LogP contribution in [0.1, 0.15) is 12.0 Å². The van der Waals surface area contributed by atoms with Gasteiger partial charge in [0.2, 0.25) is 0 Å². The first-order valence-electron chi connectivity index (χ1n) is 11.9. The normalized spacial score (nSPS) is 15.7. The maximum atomic E-state index is 13.6. The summed E-state index contributed by atoms with van der Waals surface area (Å²) in [4.78, 5) is 18.8. The zero-order valence-corrected chi connectivity index (χ0v) is 20.4. The molecule has 7 rings (SSSR count). The van der Waals surface area contributed by atoms with Gasteiger partial charge in [0.05, 0.1) is 23.8 Å². The zero-order valence-electron chi connectivity index (χ0n) is 19.6. The number of H-pyrrole nitrogens is 2. The van der Waals surface area contributed by atoms with Crippen LogP contribution in [0.15, 0.2) is 65.9 Å². The number of hydrogen-bond donors (Lipinski definition) is 2. The molecule has 1 fully saturated rings. The van der Waals surface area contributed by atoms with Crippen molar-refractivity contribution in [3.05, 3.63) is 71.4 Å². The molecule has 37 heavy (non-hydrogen) atoms. The number of likely N-dealkylation sites (tertiary alicyclic amines) is 1. The highest BCUT2D eigenvalue weighted by atomic mass is 32.1. The quantitative estimate of drug-likeness (QED) is 0.290. The van der Waals surface area contributed by atoms with Gasteiger partial charge in [-0.3, -0.25) is 20.0 Å². The van der Waals surface area contributed by atoms with Gasteiger partial charge in [-0.25, -0.2) is 13.8 Å². The summed E-state index contributed by atoms with van der Waals surface area (Å²) in [5.41, 5.74) is 8.15. The SMILES string of the molecule is FC1(F)CCN(Cc2cncc(-c3ccc4[nH]nc(-c5nc6c(-c7ccsc7)cncc6[nH]5)c4c3)c2)C1. The van der Waals surface area contributed by atoms with Gasteiger partial charge in [-0.15, -0.1) is 0 Å². The molecule has 1 aliphatic rings. The van der Waals surface area contributed by atoms with E-state index in [1.54, 1.807) is 34.8 Å². The summed E-state index contributed by atoms with van der Waals surface area (Å²) < 4.78 is 27.2. The lowest BCUT2D eigenvalue weighted by Gasteiger charge is -2.15. The molecule has 6 aromatic rings. The number of thiophene rings is 1.